The number of nitrogens with two attached hydrogens (primary N) is 1. The zero-order chi connectivity index (χ0) is 11.3. The molecule has 0 aliphatic rings. The molecule has 4 heteroatoms. The molecule has 1 aromatic rings. The van der Waals surface area contributed by atoms with Crippen molar-refractivity contribution in [3.63, 3.8) is 0 Å². The highest BCUT2D eigenvalue weighted by atomic mass is 79.9. The van der Waals surface area contributed by atoms with Crippen LogP contribution >= 0.6 is 28.3 Å². The molecule has 1 nitrogen and oxygen atoms in total. The van der Waals surface area contributed by atoms with Crippen molar-refractivity contribution in [1.29, 1.82) is 0 Å². The zero-order valence-electron chi connectivity index (χ0n) is 9.38. The highest BCUT2D eigenvalue weighted by Gasteiger charge is 2.09. The Hall–Kier alpha value is -0.120. The number of rotatable bonds is 5. The molecule has 0 aliphatic carbocycles. The van der Waals surface area contributed by atoms with E-state index in [-0.39, 0.29) is 24.3 Å². The molecule has 0 radical (unpaired) electrons. The van der Waals surface area contributed by atoms with Gasteiger partial charge in [-0.15, -0.1) is 12.4 Å². The summed E-state index contributed by atoms with van der Waals surface area (Å²) in [4.78, 5) is 0. The van der Waals surface area contributed by atoms with Crippen LogP contribution in [0.25, 0.3) is 0 Å². The summed E-state index contributed by atoms with van der Waals surface area (Å²) in [6.07, 6.45) is 4.48. The lowest BCUT2D eigenvalue weighted by Gasteiger charge is -2.13. The highest BCUT2D eigenvalue weighted by molar-refractivity contribution is 9.10. The maximum atomic E-state index is 12.8. The Morgan fingerprint density at radius 3 is 2.62 bits per heavy atom. The molecule has 92 valence electrons. The summed E-state index contributed by atoms with van der Waals surface area (Å²) < 4.78 is 13.6. The Morgan fingerprint density at radius 2 is 2.06 bits per heavy atom. The van der Waals surface area contributed by atoms with Gasteiger partial charge in [0.05, 0.1) is 0 Å². The molecule has 16 heavy (non-hydrogen) atoms. The minimum atomic E-state index is -0.230. The lowest BCUT2D eigenvalue weighted by molar-refractivity contribution is 0.576. The van der Waals surface area contributed by atoms with E-state index in [4.69, 9.17) is 5.73 Å². The minimum Gasteiger partial charge on any atom is -0.324 e. The molecule has 0 aliphatic heterocycles. The van der Waals surface area contributed by atoms with Crippen LogP contribution in [0.4, 0.5) is 4.39 Å². The maximum absolute atomic E-state index is 12.8. The molecule has 1 atom stereocenters. The summed E-state index contributed by atoms with van der Waals surface area (Å²) in [6.45, 7) is 2.17. The summed E-state index contributed by atoms with van der Waals surface area (Å²) >= 11 is 3.34. The van der Waals surface area contributed by atoms with Gasteiger partial charge in [0.15, 0.2) is 0 Å². The standard InChI is InChI=1S/C12H17BrFN.ClH/c1-2-3-4-5-12(15)10-7-6-9(14)8-11(10)13;/h6-8,12H,2-5,15H2,1H3;1H/t12-;/m1./s1. The van der Waals surface area contributed by atoms with E-state index in [2.05, 4.69) is 22.9 Å². The number of hydrogen-bond donors (Lipinski definition) is 1. The molecule has 2 N–H and O–H groups in total. The third-order valence-corrected chi connectivity index (χ3v) is 3.17. The fourth-order valence-electron chi connectivity index (χ4n) is 1.57. The van der Waals surface area contributed by atoms with Crippen LogP contribution in [-0.2, 0) is 0 Å². The van der Waals surface area contributed by atoms with Crippen molar-refractivity contribution >= 4 is 28.3 Å². The third-order valence-electron chi connectivity index (χ3n) is 2.48. The first-order chi connectivity index (χ1) is 7.15. The van der Waals surface area contributed by atoms with Crippen LogP contribution in [0.3, 0.4) is 0 Å². The van der Waals surface area contributed by atoms with Gasteiger partial charge in [-0.3, -0.25) is 0 Å². The summed E-state index contributed by atoms with van der Waals surface area (Å²) in [5.41, 5.74) is 7.03. The number of hydrogen-bond acceptors (Lipinski definition) is 1. The van der Waals surface area contributed by atoms with E-state index in [1.807, 2.05) is 0 Å². The van der Waals surface area contributed by atoms with E-state index in [1.165, 1.54) is 25.0 Å². The van der Waals surface area contributed by atoms with Crippen LogP contribution in [0.5, 0.6) is 0 Å². The first kappa shape index (κ1) is 15.9. The quantitative estimate of drug-likeness (QED) is 0.791. The van der Waals surface area contributed by atoms with Gasteiger partial charge in [-0.05, 0) is 24.1 Å². The maximum Gasteiger partial charge on any atom is 0.124 e. The lowest BCUT2D eigenvalue weighted by atomic mass is 10.0. The fraction of sp³-hybridized carbons (Fsp3) is 0.500. The van der Waals surface area contributed by atoms with Crippen molar-refractivity contribution in [2.24, 2.45) is 5.73 Å². The second-order valence-corrected chi connectivity index (χ2v) is 4.62. The normalized spacial score (nSPS) is 12.0. The van der Waals surface area contributed by atoms with E-state index in [9.17, 15) is 4.39 Å². The second kappa shape index (κ2) is 8.04. The van der Waals surface area contributed by atoms with Gasteiger partial charge in [0, 0.05) is 10.5 Å². The van der Waals surface area contributed by atoms with Gasteiger partial charge >= 0.3 is 0 Å². The Balaban J connectivity index is 0.00000225. The first-order valence-corrected chi connectivity index (χ1v) is 6.15. The van der Waals surface area contributed by atoms with E-state index in [0.717, 1.165) is 22.9 Å². The number of halogens is 3. The molecule has 0 aromatic heterocycles. The van der Waals surface area contributed by atoms with Crippen molar-refractivity contribution in [3.8, 4) is 0 Å². The van der Waals surface area contributed by atoms with Crippen LogP contribution in [0, 0.1) is 5.82 Å². The first-order valence-electron chi connectivity index (χ1n) is 5.35. The Morgan fingerprint density at radius 1 is 1.38 bits per heavy atom. The van der Waals surface area contributed by atoms with Gasteiger partial charge in [0.2, 0.25) is 0 Å². The minimum absolute atomic E-state index is 0. The Kier molecular flexibility index (Phi) is 7.98. The molecule has 0 unspecified atom stereocenters. The zero-order valence-corrected chi connectivity index (χ0v) is 11.8. The van der Waals surface area contributed by atoms with Crippen LogP contribution in [-0.4, -0.2) is 0 Å². The lowest BCUT2D eigenvalue weighted by Crippen LogP contribution is -2.10. The average molecular weight is 311 g/mol. The number of benzene rings is 1. The monoisotopic (exact) mass is 309 g/mol. The van der Waals surface area contributed by atoms with Crippen LogP contribution in [0.15, 0.2) is 22.7 Å². The highest BCUT2D eigenvalue weighted by Crippen LogP contribution is 2.26. The predicted molar refractivity (Wildman–Crippen MR) is 72.4 cm³/mol. The molecule has 0 saturated carbocycles. The Labute approximate surface area is 111 Å². The van der Waals surface area contributed by atoms with E-state index >= 15 is 0 Å². The average Bonchev–Trinajstić information content (AvgIpc) is 2.17. The Bertz CT molecular complexity index is 320. The van der Waals surface area contributed by atoms with Crippen molar-refractivity contribution in [1.82, 2.24) is 0 Å². The summed E-state index contributed by atoms with van der Waals surface area (Å²) in [5, 5.41) is 0. The van der Waals surface area contributed by atoms with Gasteiger partial charge in [-0.1, -0.05) is 48.2 Å². The van der Waals surface area contributed by atoms with Crippen LogP contribution in [0.1, 0.15) is 44.2 Å². The largest absolute Gasteiger partial charge is 0.324 e. The molecule has 1 aromatic carbocycles. The van der Waals surface area contributed by atoms with Crippen molar-refractivity contribution in [3.05, 3.63) is 34.1 Å². The molecule has 0 spiro atoms. The van der Waals surface area contributed by atoms with Gasteiger partial charge in [-0.25, -0.2) is 4.39 Å². The molecular weight excluding hydrogens is 292 g/mol. The predicted octanol–water partition coefficient (Wildman–Crippen LogP) is 4.59. The van der Waals surface area contributed by atoms with Gasteiger partial charge in [0.25, 0.3) is 0 Å². The topological polar surface area (TPSA) is 26.0 Å². The fourth-order valence-corrected chi connectivity index (χ4v) is 2.22. The molecule has 0 amide bonds. The number of unbranched alkanes of at least 4 members (excludes halogenated alkanes) is 2. The van der Waals surface area contributed by atoms with Crippen LogP contribution in [0.2, 0.25) is 0 Å². The van der Waals surface area contributed by atoms with E-state index < -0.39 is 0 Å². The van der Waals surface area contributed by atoms with E-state index in [0.29, 0.717) is 0 Å². The second-order valence-electron chi connectivity index (χ2n) is 3.77. The molecule has 1 rings (SSSR count). The van der Waals surface area contributed by atoms with Crippen molar-refractivity contribution < 1.29 is 4.39 Å². The summed E-state index contributed by atoms with van der Waals surface area (Å²) in [5.74, 6) is -0.230. The SMILES string of the molecule is CCCCC[C@@H](N)c1ccc(F)cc1Br.Cl. The van der Waals surface area contributed by atoms with Gasteiger partial charge < -0.3 is 5.73 Å². The van der Waals surface area contributed by atoms with Crippen LogP contribution < -0.4 is 5.73 Å². The molecule has 0 fully saturated rings. The van der Waals surface area contributed by atoms with Gasteiger partial charge in [0.1, 0.15) is 5.82 Å². The van der Waals surface area contributed by atoms with E-state index in [1.54, 1.807) is 6.07 Å². The smallest absolute Gasteiger partial charge is 0.124 e. The van der Waals surface area contributed by atoms with Crippen molar-refractivity contribution in [2.75, 3.05) is 0 Å². The van der Waals surface area contributed by atoms with Gasteiger partial charge in [-0.2, -0.15) is 0 Å². The molecular formula is C12H18BrClFN. The summed E-state index contributed by atoms with van der Waals surface area (Å²) in [7, 11) is 0. The molecule has 0 bridgehead atoms. The molecule has 0 heterocycles. The summed E-state index contributed by atoms with van der Waals surface area (Å²) in [6, 6.07) is 4.69. The molecule has 0 saturated heterocycles. The van der Waals surface area contributed by atoms with Crippen molar-refractivity contribution in [2.45, 2.75) is 38.6 Å². The third kappa shape index (κ3) is 4.81.